The molecule has 1 aliphatic heterocycles. The van der Waals surface area contributed by atoms with E-state index >= 15 is 0 Å². The fraction of sp³-hybridized carbons (Fsp3) is 0.333. The van der Waals surface area contributed by atoms with Gasteiger partial charge in [0.1, 0.15) is 6.10 Å². The first kappa shape index (κ1) is 18.0. The third-order valence-electron chi connectivity index (χ3n) is 4.67. The first-order chi connectivity index (χ1) is 12.0. The van der Waals surface area contributed by atoms with Crippen molar-refractivity contribution in [2.45, 2.75) is 44.2 Å². The van der Waals surface area contributed by atoms with Gasteiger partial charge in [0.25, 0.3) is 0 Å². The first-order valence-corrected chi connectivity index (χ1v) is 8.71. The molecular weight excluding hydrogens is 336 g/mol. The number of aliphatic hydroxyl groups is 2. The molecule has 0 bridgehead atoms. The van der Waals surface area contributed by atoms with Crippen molar-refractivity contribution in [1.29, 1.82) is 0 Å². The number of rotatable bonds is 3. The van der Waals surface area contributed by atoms with E-state index in [4.69, 9.17) is 22.8 Å². The van der Waals surface area contributed by atoms with Gasteiger partial charge in [-0.25, -0.2) is 0 Å². The molecule has 4 atom stereocenters. The Morgan fingerprint density at radius 2 is 1.92 bits per heavy atom. The highest BCUT2D eigenvalue weighted by atomic mass is 35.5. The van der Waals surface area contributed by atoms with E-state index in [9.17, 15) is 10.2 Å². The van der Waals surface area contributed by atoms with Gasteiger partial charge in [0.15, 0.2) is 0 Å². The molecule has 0 spiro atoms. The largest absolute Gasteiger partial charge is 0.390 e. The molecule has 2 N–H and O–H groups in total. The number of terminal acetylenes is 1. The zero-order chi connectivity index (χ0) is 18.0. The molecule has 0 aliphatic carbocycles. The van der Waals surface area contributed by atoms with Gasteiger partial charge in [0.2, 0.25) is 0 Å². The first-order valence-electron chi connectivity index (χ1n) is 8.33. The van der Waals surface area contributed by atoms with Crippen LogP contribution >= 0.6 is 11.6 Å². The van der Waals surface area contributed by atoms with Gasteiger partial charge in [0.05, 0.1) is 18.3 Å². The van der Waals surface area contributed by atoms with Crippen LogP contribution in [0.15, 0.2) is 42.5 Å². The minimum absolute atomic E-state index is 0.256. The second-order valence-corrected chi connectivity index (χ2v) is 6.90. The molecule has 1 heterocycles. The number of ether oxygens (including phenoxy) is 1. The highest BCUT2D eigenvalue weighted by Crippen LogP contribution is 2.33. The average Bonchev–Trinajstić information content (AvgIpc) is 2.61. The summed E-state index contributed by atoms with van der Waals surface area (Å²) in [5.41, 5.74) is 3.91. The van der Waals surface area contributed by atoms with Gasteiger partial charge in [-0.3, -0.25) is 0 Å². The predicted octanol–water partition coefficient (Wildman–Crippen LogP) is 3.48. The zero-order valence-corrected chi connectivity index (χ0v) is 14.8. The molecule has 2 aromatic carbocycles. The lowest BCUT2D eigenvalue weighted by molar-refractivity contribution is -0.163. The SMILES string of the molecule is C#Cc1ccc(Cc2cc(C3CC(O)[C@H](O)C(C)O3)ccc2Cl)cc1. The molecule has 4 heteroatoms. The summed E-state index contributed by atoms with van der Waals surface area (Å²) in [7, 11) is 0. The molecular formula is C21H21ClO3. The summed E-state index contributed by atoms with van der Waals surface area (Å²) >= 11 is 6.36. The van der Waals surface area contributed by atoms with Crippen LogP contribution in [0.2, 0.25) is 5.02 Å². The average molecular weight is 357 g/mol. The Morgan fingerprint density at radius 3 is 2.56 bits per heavy atom. The lowest BCUT2D eigenvalue weighted by atomic mass is 9.92. The van der Waals surface area contributed by atoms with Crippen LogP contribution in [0.25, 0.3) is 0 Å². The Bertz CT molecular complexity index is 767. The Kier molecular flexibility index (Phi) is 5.46. The minimum Gasteiger partial charge on any atom is -0.390 e. The van der Waals surface area contributed by atoms with Crippen LogP contribution in [0, 0.1) is 12.3 Å². The second-order valence-electron chi connectivity index (χ2n) is 6.49. The lowest BCUT2D eigenvalue weighted by Gasteiger charge is -2.35. The topological polar surface area (TPSA) is 49.7 Å². The molecule has 3 nitrogen and oxygen atoms in total. The van der Waals surface area contributed by atoms with Crippen LogP contribution < -0.4 is 0 Å². The van der Waals surface area contributed by atoms with Crippen LogP contribution in [0.3, 0.4) is 0 Å². The molecule has 1 aliphatic rings. The Morgan fingerprint density at radius 1 is 1.20 bits per heavy atom. The van der Waals surface area contributed by atoms with E-state index in [0.29, 0.717) is 17.9 Å². The zero-order valence-electron chi connectivity index (χ0n) is 14.0. The van der Waals surface area contributed by atoms with Gasteiger partial charge in [-0.05, 0) is 48.2 Å². The van der Waals surface area contributed by atoms with Gasteiger partial charge < -0.3 is 14.9 Å². The monoisotopic (exact) mass is 356 g/mol. The number of benzene rings is 2. The van der Waals surface area contributed by atoms with E-state index in [2.05, 4.69) is 5.92 Å². The van der Waals surface area contributed by atoms with Crippen LogP contribution in [-0.4, -0.2) is 28.5 Å². The molecule has 3 unspecified atom stereocenters. The van der Waals surface area contributed by atoms with Gasteiger partial charge >= 0.3 is 0 Å². The molecule has 0 radical (unpaired) electrons. The van der Waals surface area contributed by atoms with Crippen LogP contribution in [0.5, 0.6) is 0 Å². The van der Waals surface area contributed by atoms with Crippen molar-refractivity contribution in [3.05, 3.63) is 69.7 Å². The Balaban J connectivity index is 1.81. The molecule has 130 valence electrons. The summed E-state index contributed by atoms with van der Waals surface area (Å²) < 4.78 is 5.86. The number of halogens is 1. The summed E-state index contributed by atoms with van der Waals surface area (Å²) in [5, 5.41) is 20.5. The van der Waals surface area contributed by atoms with Crippen molar-refractivity contribution < 1.29 is 14.9 Å². The fourth-order valence-electron chi connectivity index (χ4n) is 3.15. The summed E-state index contributed by atoms with van der Waals surface area (Å²) in [6.07, 6.45) is 4.13. The summed E-state index contributed by atoms with van der Waals surface area (Å²) in [4.78, 5) is 0. The molecule has 2 aromatic rings. The van der Waals surface area contributed by atoms with Crippen molar-refractivity contribution in [3.63, 3.8) is 0 Å². The molecule has 1 fully saturated rings. The fourth-order valence-corrected chi connectivity index (χ4v) is 3.33. The van der Waals surface area contributed by atoms with Crippen molar-refractivity contribution in [2.75, 3.05) is 0 Å². The van der Waals surface area contributed by atoms with Gasteiger partial charge in [-0.2, -0.15) is 0 Å². The van der Waals surface area contributed by atoms with Crippen molar-refractivity contribution in [1.82, 2.24) is 0 Å². The molecule has 1 saturated heterocycles. The third kappa shape index (κ3) is 4.05. The van der Waals surface area contributed by atoms with E-state index in [1.54, 1.807) is 6.92 Å². The quantitative estimate of drug-likeness (QED) is 0.828. The summed E-state index contributed by atoms with van der Waals surface area (Å²) in [6, 6.07) is 13.6. The molecule has 3 rings (SSSR count). The van der Waals surface area contributed by atoms with Crippen LogP contribution in [-0.2, 0) is 11.2 Å². The van der Waals surface area contributed by atoms with Gasteiger partial charge in [0, 0.05) is 17.0 Å². The third-order valence-corrected chi connectivity index (χ3v) is 5.04. The smallest absolute Gasteiger partial charge is 0.106 e. The van der Waals surface area contributed by atoms with E-state index < -0.39 is 18.3 Å². The van der Waals surface area contributed by atoms with Crippen molar-refractivity contribution in [3.8, 4) is 12.3 Å². The van der Waals surface area contributed by atoms with Crippen LogP contribution in [0.4, 0.5) is 0 Å². The lowest BCUT2D eigenvalue weighted by Crippen LogP contribution is -2.43. The molecule has 0 amide bonds. The minimum atomic E-state index is -0.849. The summed E-state index contributed by atoms with van der Waals surface area (Å²) in [6.45, 7) is 1.77. The number of aliphatic hydroxyl groups excluding tert-OH is 2. The van der Waals surface area contributed by atoms with E-state index in [1.165, 1.54) is 0 Å². The highest BCUT2D eigenvalue weighted by Gasteiger charge is 2.34. The summed E-state index contributed by atoms with van der Waals surface area (Å²) in [5.74, 6) is 2.61. The highest BCUT2D eigenvalue weighted by molar-refractivity contribution is 6.31. The maximum atomic E-state index is 10.0. The molecule has 0 saturated carbocycles. The van der Waals surface area contributed by atoms with Gasteiger partial charge in [-0.1, -0.05) is 41.8 Å². The maximum absolute atomic E-state index is 10.0. The van der Waals surface area contributed by atoms with Crippen molar-refractivity contribution >= 4 is 11.6 Å². The molecule has 0 aromatic heterocycles. The standard InChI is InChI=1S/C21H21ClO3/c1-3-14-4-6-15(7-5-14)10-17-11-16(8-9-18(17)22)20-12-19(23)21(24)13(2)25-20/h1,4-9,11,13,19-21,23-24H,10,12H2,2H3/t13?,19?,20?,21-/m1/s1. The Hall–Kier alpha value is -1.83. The number of hydrogen-bond acceptors (Lipinski definition) is 3. The van der Waals surface area contributed by atoms with Crippen LogP contribution in [0.1, 0.15) is 41.7 Å². The Labute approximate surface area is 153 Å². The van der Waals surface area contributed by atoms with E-state index in [0.717, 1.165) is 22.3 Å². The van der Waals surface area contributed by atoms with Gasteiger partial charge in [-0.15, -0.1) is 6.42 Å². The van der Waals surface area contributed by atoms with E-state index in [-0.39, 0.29) is 6.10 Å². The molecule has 25 heavy (non-hydrogen) atoms. The maximum Gasteiger partial charge on any atom is 0.106 e. The second kappa shape index (κ2) is 7.59. The van der Waals surface area contributed by atoms with E-state index in [1.807, 2.05) is 42.5 Å². The number of hydrogen-bond donors (Lipinski definition) is 2. The van der Waals surface area contributed by atoms with Crippen molar-refractivity contribution in [2.24, 2.45) is 0 Å². The normalized spacial score (nSPS) is 26.2. The predicted molar refractivity (Wildman–Crippen MR) is 98.6 cm³/mol.